The molecule has 5 heteroatoms. The molecule has 0 aliphatic heterocycles. The fourth-order valence-electron chi connectivity index (χ4n) is 2.20. The van der Waals surface area contributed by atoms with Crippen molar-refractivity contribution in [2.75, 3.05) is 38.3 Å². The third kappa shape index (κ3) is 3.46. The molecule has 0 spiro atoms. The van der Waals surface area contributed by atoms with Gasteiger partial charge in [0.2, 0.25) is 0 Å². The molecule has 0 radical (unpaired) electrons. The number of aryl methyl sites for hydroxylation is 2. The molecule has 0 aliphatic rings. The van der Waals surface area contributed by atoms with E-state index in [9.17, 15) is 0 Å². The molecule has 0 saturated heterocycles. The van der Waals surface area contributed by atoms with Gasteiger partial charge in [-0.05, 0) is 27.8 Å². The minimum atomic E-state index is 0.758. The van der Waals surface area contributed by atoms with E-state index in [1.165, 1.54) is 11.4 Å². The maximum atomic E-state index is 5.45. The second-order valence-electron chi connectivity index (χ2n) is 4.32. The molecule has 18 heavy (non-hydrogen) atoms. The average molecular weight is 254 g/mol. The standard InChI is InChI=1S/C13H26N4O/c1-6-17(8-9-18-7-2)13-12(10-14-4)11(3)15-16(13)5/h14H,6-10H2,1-5H3. The van der Waals surface area contributed by atoms with Gasteiger partial charge >= 0.3 is 0 Å². The summed E-state index contributed by atoms with van der Waals surface area (Å²) in [7, 11) is 3.97. The van der Waals surface area contributed by atoms with Crippen LogP contribution in [0.2, 0.25) is 0 Å². The molecule has 1 aromatic heterocycles. The van der Waals surface area contributed by atoms with E-state index in [0.717, 1.165) is 38.5 Å². The first-order valence-electron chi connectivity index (χ1n) is 6.65. The van der Waals surface area contributed by atoms with Gasteiger partial charge in [-0.3, -0.25) is 4.68 Å². The summed E-state index contributed by atoms with van der Waals surface area (Å²) in [5, 5.41) is 7.73. The number of nitrogens with zero attached hydrogens (tertiary/aromatic N) is 3. The normalized spacial score (nSPS) is 10.9. The number of aromatic nitrogens is 2. The molecule has 0 saturated carbocycles. The number of ether oxygens (including phenoxy) is 1. The summed E-state index contributed by atoms with van der Waals surface area (Å²) in [6, 6.07) is 0. The van der Waals surface area contributed by atoms with Gasteiger partial charge in [0.15, 0.2) is 0 Å². The summed E-state index contributed by atoms with van der Waals surface area (Å²) in [5.74, 6) is 1.20. The zero-order chi connectivity index (χ0) is 13.5. The summed E-state index contributed by atoms with van der Waals surface area (Å²) < 4.78 is 7.42. The van der Waals surface area contributed by atoms with E-state index >= 15 is 0 Å². The highest BCUT2D eigenvalue weighted by Crippen LogP contribution is 2.22. The van der Waals surface area contributed by atoms with Crippen molar-refractivity contribution < 1.29 is 4.74 Å². The van der Waals surface area contributed by atoms with Crippen LogP contribution in [0.1, 0.15) is 25.1 Å². The van der Waals surface area contributed by atoms with Crippen LogP contribution >= 0.6 is 0 Å². The molecule has 0 aliphatic carbocycles. The first kappa shape index (κ1) is 15.0. The number of rotatable bonds is 8. The second kappa shape index (κ2) is 7.38. The summed E-state index contributed by atoms with van der Waals surface area (Å²) in [6.07, 6.45) is 0. The van der Waals surface area contributed by atoms with Gasteiger partial charge in [-0.1, -0.05) is 0 Å². The molecule has 104 valence electrons. The zero-order valence-corrected chi connectivity index (χ0v) is 12.3. The van der Waals surface area contributed by atoms with Crippen LogP contribution in [0.15, 0.2) is 0 Å². The Balaban J connectivity index is 2.89. The van der Waals surface area contributed by atoms with Crippen molar-refractivity contribution >= 4 is 5.82 Å². The Morgan fingerprint density at radius 2 is 2.11 bits per heavy atom. The zero-order valence-electron chi connectivity index (χ0n) is 12.3. The minimum absolute atomic E-state index is 0.758. The fraction of sp³-hybridized carbons (Fsp3) is 0.769. The molecule has 0 atom stereocenters. The Labute approximate surface area is 110 Å². The van der Waals surface area contributed by atoms with Gasteiger partial charge in [0.05, 0.1) is 12.3 Å². The number of anilines is 1. The van der Waals surface area contributed by atoms with Gasteiger partial charge in [0.1, 0.15) is 5.82 Å². The maximum Gasteiger partial charge on any atom is 0.131 e. The first-order chi connectivity index (χ1) is 8.65. The van der Waals surface area contributed by atoms with E-state index in [1.807, 2.05) is 25.7 Å². The van der Waals surface area contributed by atoms with Crippen LogP contribution in [-0.2, 0) is 18.3 Å². The highest BCUT2D eigenvalue weighted by atomic mass is 16.5. The molecule has 1 rings (SSSR count). The molecule has 1 aromatic rings. The molecule has 0 bridgehead atoms. The van der Waals surface area contributed by atoms with Gasteiger partial charge in [0, 0.05) is 38.9 Å². The van der Waals surface area contributed by atoms with E-state index in [2.05, 4.69) is 29.2 Å². The lowest BCUT2D eigenvalue weighted by molar-refractivity contribution is 0.153. The smallest absolute Gasteiger partial charge is 0.131 e. The van der Waals surface area contributed by atoms with Gasteiger partial charge in [-0.2, -0.15) is 5.10 Å². The van der Waals surface area contributed by atoms with Gasteiger partial charge in [0.25, 0.3) is 0 Å². The first-order valence-corrected chi connectivity index (χ1v) is 6.65. The van der Waals surface area contributed by atoms with E-state index in [-0.39, 0.29) is 0 Å². The van der Waals surface area contributed by atoms with E-state index in [4.69, 9.17) is 4.74 Å². The Morgan fingerprint density at radius 3 is 2.67 bits per heavy atom. The topological polar surface area (TPSA) is 42.3 Å². The highest BCUT2D eigenvalue weighted by molar-refractivity contribution is 5.50. The molecular formula is C13H26N4O. The van der Waals surface area contributed by atoms with Crippen molar-refractivity contribution in [3.05, 3.63) is 11.3 Å². The average Bonchev–Trinajstić information content (AvgIpc) is 2.62. The van der Waals surface area contributed by atoms with Gasteiger partial charge in [-0.25, -0.2) is 0 Å². The highest BCUT2D eigenvalue weighted by Gasteiger charge is 2.17. The number of likely N-dealkylation sites (N-methyl/N-ethyl adjacent to an activating group) is 1. The van der Waals surface area contributed by atoms with Crippen LogP contribution in [0.3, 0.4) is 0 Å². The molecule has 0 unspecified atom stereocenters. The molecular weight excluding hydrogens is 228 g/mol. The number of nitrogens with one attached hydrogen (secondary N) is 1. The van der Waals surface area contributed by atoms with Crippen molar-refractivity contribution in [3.8, 4) is 0 Å². The largest absolute Gasteiger partial charge is 0.380 e. The molecule has 1 N–H and O–H groups in total. The molecule has 5 nitrogen and oxygen atoms in total. The van der Waals surface area contributed by atoms with Crippen molar-refractivity contribution in [3.63, 3.8) is 0 Å². The monoisotopic (exact) mass is 254 g/mol. The summed E-state index contributed by atoms with van der Waals surface area (Å²) in [5.41, 5.74) is 2.37. The van der Waals surface area contributed by atoms with Crippen molar-refractivity contribution in [2.24, 2.45) is 7.05 Å². The molecule has 0 fully saturated rings. The number of hydrogen-bond acceptors (Lipinski definition) is 4. The Hall–Kier alpha value is -1.07. The predicted molar refractivity (Wildman–Crippen MR) is 75.1 cm³/mol. The van der Waals surface area contributed by atoms with Crippen molar-refractivity contribution in [1.82, 2.24) is 15.1 Å². The third-order valence-corrected chi connectivity index (χ3v) is 3.06. The lowest BCUT2D eigenvalue weighted by Gasteiger charge is -2.24. The van der Waals surface area contributed by atoms with Crippen LogP contribution in [0.5, 0.6) is 0 Å². The lowest BCUT2D eigenvalue weighted by Crippen LogP contribution is -2.30. The lowest BCUT2D eigenvalue weighted by atomic mass is 10.2. The summed E-state index contributed by atoms with van der Waals surface area (Å²) >= 11 is 0. The summed E-state index contributed by atoms with van der Waals surface area (Å²) in [6.45, 7) is 10.5. The van der Waals surface area contributed by atoms with Crippen LogP contribution in [0.25, 0.3) is 0 Å². The molecule has 0 aromatic carbocycles. The fourth-order valence-corrected chi connectivity index (χ4v) is 2.20. The number of hydrogen-bond donors (Lipinski definition) is 1. The van der Waals surface area contributed by atoms with Gasteiger partial charge in [-0.15, -0.1) is 0 Å². The Bertz CT molecular complexity index is 362. The molecule has 1 heterocycles. The Morgan fingerprint density at radius 1 is 1.39 bits per heavy atom. The van der Waals surface area contributed by atoms with Crippen LogP contribution in [0, 0.1) is 6.92 Å². The van der Waals surface area contributed by atoms with Crippen molar-refractivity contribution in [2.45, 2.75) is 27.3 Å². The van der Waals surface area contributed by atoms with Crippen LogP contribution in [0.4, 0.5) is 5.82 Å². The Kier molecular flexibility index (Phi) is 6.15. The minimum Gasteiger partial charge on any atom is -0.380 e. The third-order valence-electron chi connectivity index (χ3n) is 3.06. The van der Waals surface area contributed by atoms with E-state index in [1.54, 1.807) is 0 Å². The van der Waals surface area contributed by atoms with E-state index < -0.39 is 0 Å². The quantitative estimate of drug-likeness (QED) is 0.710. The van der Waals surface area contributed by atoms with Crippen LogP contribution < -0.4 is 10.2 Å². The predicted octanol–water partition coefficient (Wildman–Crippen LogP) is 1.31. The second-order valence-corrected chi connectivity index (χ2v) is 4.32. The summed E-state index contributed by atoms with van der Waals surface area (Å²) in [4.78, 5) is 2.32. The van der Waals surface area contributed by atoms with E-state index in [0.29, 0.717) is 0 Å². The SMILES string of the molecule is CCOCCN(CC)c1c(CNC)c(C)nn1C. The molecule has 0 amide bonds. The van der Waals surface area contributed by atoms with Crippen molar-refractivity contribution in [1.29, 1.82) is 0 Å². The van der Waals surface area contributed by atoms with Gasteiger partial charge < -0.3 is 15.0 Å². The van der Waals surface area contributed by atoms with Crippen LogP contribution in [-0.4, -0.2) is 43.1 Å². The maximum absolute atomic E-state index is 5.45.